The first-order chi connectivity index (χ1) is 11.5. The molecule has 25 heavy (non-hydrogen) atoms. The minimum Gasteiger partial charge on any atom is -0.347 e. The van der Waals surface area contributed by atoms with Crippen LogP contribution in [0.3, 0.4) is 0 Å². The van der Waals surface area contributed by atoms with E-state index < -0.39 is 0 Å². The molecule has 1 amide bonds. The Labute approximate surface area is 168 Å². The lowest BCUT2D eigenvalue weighted by Gasteiger charge is -2.37. The molecule has 1 aliphatic rings. The number of likely N-dealkylation sites (tertiary alicyclic amines) is 1. The van der Waals surface area contributed by atoms with Crippen LogP contribution in [0.5, 0.6) is 0 Å². The van der Waals surface area contributed by atoms with E-state index in [-0.39, 0.29) is 36.4 Å². The molecule has 1 saturated heterocycles. The molecule has 2 unspecified atom stereocenters. The summed E-state index contributed by atoms with van der Waals surface area (Å²) < 4.78 is 0. The molecule has 2 rings (SSSR count). The van der Waals surface area contributed by atoms with Crippen LogP contribution >= 0.6 is 24.0 Å². The number of guanidine groups is 1. The molecule has 5 nitrogen and oxygen atoms in total. The van der Waals surface area contributed by atoms with Gasteiger partial charge in [0, 0.05) is 27.2 Å². The van der Waals surface area contributed by atoms with E-state index in [1.807, 2.05) is 18.2 Å². The van der Waals surface area contributed by atoms with Crippen LogP contribution in [0.15, 0.2) is 35.3 Å². The van der Waals surface area contributed by atoms with Crippen LogP contribution in [0.2, 0.25) is 0 Å². The second kappa shape index (κ2) is 10.6. The Bertz CT molecular complexity index is 552. The third kappa shape index (κ3) is 7.22. The highest BCUT2D eigenvalue weighted by atomic mass is 127. The molecular formula is C19H31IN4O. The van der Waals surface area contributed by atoms with Crippen LogP contribution < -0.4 is 5.32 Å². The highest BCUT2D eigenvalue weighted by Gasteiger charge is 2.24. The molecule has 1 aromatic rings. The molecule has 0 saturated carbocycles. The summed E-state index contributed by atoms with van der Waals surface area (Å²) in [4.78, 5) is 20.6. The molecule has 1 fully saturated rings. The van der Waals surface area contributed by atoms with E-state index in [4.69, 9.17) is 4.99 Å². The van der Waals surface area contributed by atoms with Gasteiger partial charge in [-0.15, -0.1) is 24.0 Å². The van der Waals surface area contributed by atoms with Crippen molar-refractivity contribution in [2.24, 2.45) is 16.8 Å². The SMILES string of the molecule is CC1CC(C)CN(C(=NCc2ccccc2)NCC(=O)N(C)C)C1.I. The van der Waals surface area contributed by atoms with Crippen LogP contribution in [0.1, 0.15) is 25.8 Å². The maximum absolute atomic E-state index is 11.9. The van der Waals surface area contributed by atoms with E-state index in [2.05, 4.69) is 36.2 Å². The van der Waals surface area contributed by atoms with E-state index >= 15 is 0 Å². The number of rotatable bonds is 4. The summed E-state index contributed by atoms with van der Waals surface area (Å²) in [5.74, 6) is 2.18. The molecule has 0 radical (unpaired) electrons. The van der Waals surface area contributed by atoms with Crippen LogP contribution in [0.25, 0.3) is 0 Å². The third-order valence-corrected chi connectivity index (χ3v) is 4.32. The minimum absolute atomic E-state index is 0. The van der Waals surface area contributed by atoms with Crippen molar-refractivity contribution in [1.29, 1.82) is 0 Å². The zero-order valence-corrected chi connectivity index (χ0v) is 18.1. The van der Waals surface area contributed by atoms with Gasteiger partial charge in [0.15, 0.2) is 5.96 Å². The van der Waals surface area contributed by atoms with Gasteiger partial charge in [-0.05, 0) is 23.8 Å². The fourth-order valence-corrected chi connectivity index (χ4v) is 3.17. The Kier molecular flexibility index (Phi) is 9.24. The Hall–Kier alpha value is -1.31. The Morgan fingerprint density at radius 1 is 1.20 bits per heavy atom. The summed E-state index contributed by atoms with van der Waals surface area (Å²) >= 11 is 0. The number of nitrogens with zero attached hydrogens (tertiary/aromatic N) is 3. The topological polar surface area (TPSA) is 47.9 Å². The molecule has 2 atom stereocenters. The lowest BCUT2D eigenvalue weighted by Crippen LogP contribution is -2.50. The summed E-state index contributed by atoms with van der Waals surface area (Å²) in [6, 6.07) is 10.2. The Morgan fingerprint density at radius 3 is 2.36 bits per heavy atom. The Morgan fingerprint density at radius 2 is 1.80 bits per heavy atom. The summed E-state index contributed by atoms with van der Waals surface area (Å²) in [6.45, 7) is 7.44. The molecule has 1 aliphatic heterocycles. The normalized spacial score (nSPS) is 20.6. The maximum atomic E-state index is 11.9. The lowest BCUT2D eigenvalue weighted by atomic mass is 9.92. The number of halogens is 1. The number of likely N-dealkylation sites (N-methyl/N-ethyl adjacent to an activating group) is 1. The maximum Gasteiger partial charge on any atom is 0.241 e. The Balaban J connectivity index is 0.00000312. The van der Waals surface area contributed by atoms with Crippen LogP contribution in [-0.2, 0) is 11.3 Å². The summed E-state index contributed by atoms with van der Waals surface area (Å²) in [5, 5.41) is 3.27. The van der Waals surface area contributed by atoms with Gasteiger partial charge >= 0.3 is 0 Å². The van der Waals surface area contributed by atoms with Crippen LogP contribution in [-0.4, -0.2) is 55.4 Å². The van der Waals surface area contributed by atoms with Gasteiger partial charge in [0.05, 0.1) is 13.1 Å². The van der Waals surface area contributed by atoms with Crippen molar-refractivity contribution in [3.63, 3.8) is 0 Å². The number of carbonyl (C=O) groups excluding carboxylic acids is 1. The van der Waals surface area contributed by atoms with Gasteiger partial charge in [-0.2, -0.15) is 0 Å². The van der Waals surface area contributed by atoms with E-state index in [1.54, 1.807) is 19.0 Å². The second-order valence-corrected chi connectivity index (χ2v) is 7.12. The van der Waals surface area contributed by atoms with Crippen molar-refractivity contribution < 1.29 is 4.79 Å². The minimum atomic E-state index is 0. The van der Waals surface area contributed by atoms with Crippen LogP contribution in [0, 0.1) is 11.8 Å². The number of hydrogen-bond acceptors (Lipinski definition) is 2. The van der Waals surface area contributed by atoms with Gasteiger partial charge in [-0.3, -0.25) is 4.79 Å². The van der Waals surface area contributed by atoms with Crippen molar-refractivity contribution in [3.05, 3.63) is 35.9 Å². The lowest BCUT2D eigenvalue weighted by molar-refractivity contribution is -0.127. The molecule has 6 heteroatoms. The van der Waals surface area contributed by atoms with E-state index in [1.165, 1.54) is 12.0 Å². The fourth-order valence-electron chi connectivity index (χ4n) is 3.17. The monoisotopic (exact) mass is 458 g/mol. The number of aliphatic imine (C=N–C) groups is 1. The first-order valence-electron chi connectivity index (χ1n) is 8.73. The third-order valence-electron chi connectivity index (χ3n) is 4.32. The summed E-state index contributed by atoms with van der Waals surface area (Å²) in [7, 11) is 3.55. The van der Waals surface area contributed by atoms with Crippen molar-refractivity contribution in [1.82, 2.24) is 15.1 Å². The van der Waals surface area contributed by atoms with E-state index in [9.17, 15) is 4.79 Å². The number of nitrogens with one attached hydrogen (secondary N) is 1. The summed E-state index contributed by atoms with van der Waals surface area (Å²) in [6.07, 6.45) is 1.25. The first kappa shape index (κ1) is 21.7. The molecule has 0 aliphatic carbocycles. The number of amides is 1. The molecule has 1 heterocycles. The van der Waals surface area contributed by atoms with Gasteiger partial charge < -0.3 is 15.1 Å². The number of benzene rings is 1. The largest absolute Gasteiger partial charge is 0.347 e. The van der Waals surface area contributed by atoms with Crippen molar-refractivity contribution in [2.75, 3.05) is 33.7 Å². The van der Waals surface area contributed by atoms with Crippen molar-refractivity contribution >= 4 is 35.8 Å². The molecule has 140 valence electrons. The second-order valence-electron chi connectivity index (χ2n) is 7.12. The average Bonchev–Trinajstić information content (AvgIpc) is 2.54. The number of piperidine rings is 1. The van der Waals surface area contributed by atoms with Crippen LogP contribution in [0.4, 0.5) is 0 Å². The fraction of sp³-hybridized carbons (Fsp3) is 0.579. The van der Waals surface area contributed by atoms with Gasteiger partial charge in [-0.1, -0.05) is 44.2 Å². The first-order valence-corrected chi connectivity index (χ1v) is 8.73. The molecule has 0 aromatic heterocycles. The predicted octanol–water partition coefficient (Wildman–Crippen LogP) is 2.82. The van der Waals surface area contributed by atoms with E-state index in [0.29, 0.717) is 18.4 Å². The zero-order chi connectivity index (χ0) is 17.5. The predicted molar refractivity (Wildman–Crippen MR) is 114 cm³/mol. The van der Waals surface area contributed by atoms with Gasteiger partial charge in [0.2, 0.25) is 5.91 Å². The molecule has 1 aromatic carbocycles. The summed E-state index contributed by atoms with van der Waals surface area (Å²) in [5.41, 5.74) is 1.17. The zero-order valence-electron chi connectivity index (χ0n) is 15.7. The molecule has 0 spiro atoms. The van der Waals surface area contributed by atoms with Gasteiger partial charge in [0.1, 0.15) is 0 Å². The average molecular weight is 458 g/mol. The number of carbonyl (C=O) groups is 1. The quantitative estimate of drug-likeness (QED) is 0.429. The molecular weight excluding hydrogens is 427 g/mol. The van der Waals surface area contributed by atoms with Gasteiger partial charge in [0.25, 0.3) is 0 Å². The van der Waals surface area contributed by atoms with E-state index in [0.717, 1.165) is 19.0 Å². The highest BCUT2D eigenvalue weighted by molar-refractivity contribution is 14.0. The molecule has 0 bridgehead atoms. The van der Waals surface area contributed by atoms with Crippen molar-refractivity contribution in [2.45, 2.75) is 26.8 Å². The number of hydrogen-bond donors (Lipinski definition) is 1. The smallest absolute Gasteiger partial charge is 0.241 e. The standard InChI is InChI=1S/C19H30N4O.HI/c1-15-10-16(2)14-23(13-15)19(21-12-18(24)22(3)4)20-11-17-8-6-5-7-9-17;/h5-9,15-16H,10-14H2,1-4H3,(H,20,21);1H. The van der Waals surface area contributed by atoms with Gasteiger partial charge in [-0.25, -0.2) is 4.99 Å². The van der Waals surface area contributed by atoms with Crippen molar-refractivity contribution in [3.8, 4) is 0 Å². The highest BCUT2D eigenvalue weighted by Crippen LogP contribution is 2.21. The molecule has 1 N–H and O–H groups in total.